The highest BCUT2D eigenvalue weighted by molar-refractivity contribution is 5.83. The third-order valence-corrected chi connectivity index (χ3v) is 3.00. The lowest BCUT2D eigenvalue weighted by molar-refractivity contribution is -0.119. The van der Waals surface area contributed by atoms with Crippen LogP contribution in [0, 0.1) is 0 Å². The third kappa shape index (κ3) is 2.43. The normalized spacial score (nSPS) is 19.6. The van der Waals surface area contributed by atoms with Gasteiger partial charge in [0, 0.05) is 12.6 Å². The van der Waals surface area contributed by atoms with Crippen LogP contribution in [0.3, 0.4) is 0 Å². The molecule has 1 amide bonds. The molecule has 8 nitrogen and oxygen atoms in total. The van der Waals surface area contributed by atoms with Crippen LogP contribution in [0.1, 0.15) is 19.3 Å². The minimum atomic E-state index is -0.353. The van der Waals surface area contributed by atoms with Crippen molar-refractivity contribution in [3.8, 4) is 0 Å². The zero-order valence-corrected chi connectivity index (χ0v) is 9.97. The van der Waals surface area contributed by atoms with Crippen molar-refractivity contribution in [2.24, 2.45) is 11.6 Å². The van der Waals surface area contributed by atoms with Crippen molar-refractivity contribution in [2.75, 3.05) is 22.6 Å². The van der Waals surface area contributed by atoms with Gasteiger partial charge in [0.2, 0.25) is 11.9 Å². The topological polar surface area (TPSA) is 136 Å². The molecule has 0 aromatic carbocycles. The van der Waals surface area contributed by atoms with E-state index in [9.17, 15) is 4.79 Å². The molecule has 0 radical (unpaired) electrons. The number of nitrogen functional groups attached to an aromatic ring is 2. The van der Waals surface area contributed by atoms with Crippen molar-refractivity contribution in [3.05, 3.63) is 6.07 Å². The SMILES string of the molecule is NNc1cc(N2CCCCC2C(N)=O)nc(N)n1. The van der Waals surface area contributed by atoms with Gasteiger partial charge in [-0.1, -0.05) is 0 Å². The van der Waals surface area contributed by atoms with Gasteiger partial charge in [0.15, 0.2) is 0 Å². The summed E-state index contributed by atoms with van der Waals surface area (Å²) in [6, 6.07) is 1.30. The molecule has 0 spiro atoms. The summed E-state index contributed by atoms with van der Waals surface area (Å²) in [5, 5.41) is 0. The van der Waals surface area contributed by atoms with E-state index < -0.39 is 0 Å². The lowest BCUT2D eigenvalue weighted by Crippen LogP contribution is -2.48. The van der Waals surface area contributed by atoms with Gasteiger partial charge < -0.3 is 21.8 Å². The first-order valence-corrected chi connectivity index (χ1v) is 5.79. The van der Waals surface area contributed by atoms with E-state index in [1.165, 1.54) is 0 Å². The second kappa shape index (κ2) is 5.05. The second-order valence-electron chi connectivity index (χ2n) is 4.22. The molecule has 2 rings (SSSR count). The first kappa shape index (κ1) is 12.4. The van der Waals surface area contributed by atoms with Crippen LogP contribution in [-0.4, -0.2) is 28.5 Å². The summed E-state index contributed by atoms with van der Waals surface area (Å²) in [7, 11) is 0. The molecule has 1 aromatic heterocycles. The first-order valence-electron chi connectivity index (χ1n) is 5.79. The summed E-state index contributed by atoms with van der Waals surface area (Å²) in [6.45, 7) is 0.716. The highest BCUT2D eigenvalue weighted by Crippen LogP contribution is 2.25. The number of primary amides is 1. The highest BCUT2D eigenvalue weighted by atomic mass is 16.1. The maximum absolute atomic E-state index is 11.4. The number of rotatable bonds is 3. The van der Waals surface area contributed by atoms with Crippen LogP contribution in [0.5, 0.6) is 0 Å². The largest absolute Gasteiger partial charge is 0.368 e. The van der Waals surface area contributed by atoms with E-state index in [1.807, 2.05) is 4.90 Å². The molecular weight excluding hydrogens is 234 g/mol. The summed E-state index contributed by atoms with van der Waals surface area (Å²) in [4.78, 5) is 21.3. The monoisotopic (exact) mass is 251 g/mol. The molecule has 0 saturated carbocycles. The number of piperidine rings is 1. The number of aromatic nitrogens is 2. The van der Waals surface area contributed by atoms with Gasteiger partial charge in [0.1, 0.15) is 17.7 Å². The van der Waals surface area contributed by atoms with Crippen LogP contribution in [0.2, 0.25) is 0 Å². The molecule has 0 aliphatic carbocycles. The molecule has 18 heavy (non-hydrogen) atoms. The Hall–Kier alpha value is -2.09. The van der Waals surface area contributed by atoms with Gasteiger partial charge in [-0.05, 0) is 19.3 Å². The zero-order valence-electron chi connectivity index (χ0n) is 9.97. The number of anilines is 3. The molecule has 1 atom stereocenters. The van der Waals surface area contributed by atoms with Crippen LogP contribution in [0.4, 0.5) is 17.6 Å². The number of nitrogens with zero attached hydrogens (tertiary/aromatic N) is 3. The minimum absolute atomic E-state index is 0.106. The van der Waals surface area contributed by atoms with E-state index in [2.05, 4.69) is 15.4 Å². The van der Waals surface area contributed by atoms with Crippen molar-refractivity contribution < 1.29 is 4.79 Å². The first-order chi connectivity index (χ1) is 8.61. The van der Waals surface area contributed by atoms with Crippen LogP contribution < -0.4 is 27.6 Å². The Balaban J connectivity index is 2.33. The number of hydrazine groups is 1. The number of nitrogens with one attached hydrogen (secondary N) is 1. The smallest absolute Gasteiger partial charge is 0.240 e. The Morgan fingerprint density at radius 2 is 2.22 bits per heavy atom. The molecule has 0 bridgehead atoms. The Bertz CT molecular complexity index is 450. The van der Waals surface area contributed by atoms with Gasteiger partial charge in [-0.3, -0.25) is 4.79 Å². The highest BCUT2D eigenvalue weighted by Gasteiger charge is 2.28. The van der Waals surface area contributed by atoms with E-state index in [0.717, 1.165) is 19.3 Å². The summed E-state index contributed by atoms with van der Waals surface area (Å²) in [5.74, 6) is 6.04. The zero-order chi connectivity index (χ0) is 13.1. The maximum atomic E-state index is 11.4. The third-order valence-electron chi connectivity index (χ3n) is 3.00. The molecule has 1 saturated heterocycles. The molecular formula is C10H17N7O. The van der Waals surface area contributed by atoms with E-state index in [-0.39, 0.29) is 17.9 Å². The van der Waals surface area contributed by atoms with E-state index in [0.29, 0.717) is 18.2 Å². The molecule has 7 N–H and O–H groups in total. The minimum Gasteiger partial charge on any atom is -0.368 e. The lowest BCUT2D eigenvalue weighted by Gasteiger charge is -2.34. The number of carbonyl (C=O) groups is 1. The van der Waals surface area contributed by atoms with Crippen LogP contribution in [0.25, 0.3) is 0 Å². The molecule has 1 aliphatic heterocycles. The predicted molar refractivity (Wildman–Crippen MR) is 68.4 cm³/mol. The van der Waals surface area contributed by atoms with Gasteiger partial charge in [0.25, 0.3) is 0 Å². The summed E-state index contributed by atoms with van der Waals surface area (Å²) >= 11 is 0. The predicted octanol–water partition coefficient (Wildman–Crippen LogP) is -0.811. The Kier molecular flexibility index (Phi) is 3.47. The number of nitrogens with two attached hydrogens (primary N) is 3. The van der Waals surface area contributed by atoms with Gasteiger partial charge in [-0.15, -0.1) is 0 Å². The van der Waals surface area contributed by atoms with Crippen molar-refractivity contribution in [1.29, 1.82) is 0 Å². The average molecular weight is 251 g/mol. The van der Waals surface area contributed by atoms with Crippen LogP contribution >= 0.6 is 0 Å². The van der Waals surface area contributed by atoms with Gasteiger partial charge in [-0.2, -0.15) is 9.97 Å². The quantitative estimate of drug-likeness (QED) is 0.407. The second-order valence-corrected chi connectivity index (χ2v) is 4.22. The average Bonchev–Trinajstić information content (AvgIpc) is 2.38. The molecule has 1 fully saturated rings. The molecule has 1 aliphatic rings. The number of carbonyl (C=O) groups excluding carboxylic acids is 1. The molecule has 1 aromatic rings. The fourth-order valence-electron chi connectivity index (χ4n) is 2.18. The summed E-state index contributed by atoms with van der Waals surface area (Å²) in [5.41, 5.74) is 13.4. The van der Waals surface area contributed by atoms with E-state index in [1.54, 1.807) is 6.07 Å². The van der Waals surface area contributed by atoms with Gasteiger partial charge >= 0.3 is 0 Å². The van der Waals surface area contributed by atoms with Gasteiger partial charge in [0.05, 0.1) is 0 Å². The van der Waals surface area contributed by atoms with Crippen LogP contribution in [-0.2, 0) is 4.79 Å². The van der Waals surface area contributed by atoms with Crippen molar-refractivity contribution in [3.63, 3.8) is 0 Å². The Labute approximate surface area is 105 Å². The van der Waals surface area contributed by atoms with E-state index >= 15 is 0 Å². The lowest BCUT2D eigenvalue weighted by atomic mass is 10.0. The fourth-order valence-corrected chi connectivity index (χ4v) is 2.18. The number of amides is 1. The standard InChI is InChI=1S/C10H17N7O/c11-9(18)6-3-1-2-4-17(6)8-5-7(16-13)14-10(12)15-8/h5-6H,1-4,13H2,(H2,11,18)(H3,12,14,15,16). The maximum Gasteiger partial charge on any atom is 0.240 e. The fraction of sp³-hybridized carbons (Fsp3) is 0.500. The van der Waals surface area contributed by atoms with Crippen LogP contribution in [0.15, 0.2) is 6.07 Å². The van der Waals surface area contributed by atoms with E-state index in [4.69, 9.17) is 17.3 Å². The number of hydrogen-bond acceptors (Lipinski definition) is 7. The summed E-state index contributed by atoms with van der Waals surface area (Å²) in [6.07, 6.45) is 2.69. The summed E-state index contributed by atoms with van der Waals surface area (Å²) < 4.78 is 0. The van der Waals surface area contributed by atoms with Crippen molar-refractivity contribution in [1.82, 2.24) is 9.97 Å². The number of hydrogen-bond donors (Lipinski definition) is 4. The molecule has 1 unspecified atom stereocenters. The Morgan fingerprint density at radius 1 is 1.44 bits per heavy atom. The Morgan fingerprint density at radius 3 is 2.89 bits per heavy atom. The molecule has 8 heteroatoms. The van der Waals surface area contributed by atoms with Crippen molar-refractivity contribution >= 4 is 23.5 Å². The van der Waals surface area contributed by atoms with Gasteiger partial charge in [-0.25, -0.2) is 5.84 Å². The van der Waals surface area contributed by atoms with Crippen molar-refractivity contribution in [2.45, 2.75) is 25.3 Å². The molecule has 2 heterocycles. The molecule has 98 valence electrons.